The number of halogens is 2. The summed E-state index contributed by atoms with van der Waals surface area (Å²) in [5.41, 5.74) is 7.43. The zero-order valence-corrected chi connectivity index (χ0v) is 16.4. The molecule has 0 aliphatic carbocycles. The Balaban J connectivity index is 2.29. The monoisotopic (exact) mass is 436 g/mol. The standard InChI is InChI=1S/C18H14BrClN2O2S/c1-23-16-8-12(6-13(9-21)18(22)25)7-15(19)17(16)24-10-11-2-4-14(20)5-3-11/h2-8H,10H2,1H3,(H2,22,25)/b13-6+. The Morgan fingerprint density at radius 2 is 2.04 bits per heavy atom. The second-order valence-corrected chi connectivity index (χ2v) is 6.71. The number of thiocarbonyl (C=S) groups is 1. The Labute approximate surface area is 164 Å². The third kappa shape index (κ3) is 5.20. The minimum atomic E-state index is 0.0423. The lowest BCUT2D eigenvalue weighted by molar-refractivity contribution is 0.282. The van der Waals surface area contributed by atoms with Gasteiger partial charge in [0.25, 0.3) is 0 Å². The topological polar surface area (TPSA) is 68.3 Å². The van der Waals surface area contributed by atoms with Crippen LogP contribution in [0, 0.1) is 11.3 Å². The van der Waals surface area contributed by atoms with Gasteiger partial charge in [0.2, 0.25) is 0 Å². The Hall–Kier alpha value is -2.07. The highest BCUT2D eigenvalue weighted by Crippen LogP contribution is 2.37. The Bertz CT molecular complexity index is 861. The minimum Gasteiger partial charge on any atom is -0.493 e. The fourth-order valence-electron chi connectivity index (χ4n) is 2.02. The molecule has 0 unspecified atom stereocenters. The van der Waals surface area contributed by atoms with Crippen LogP contribution in [0.15, 0.2) is 46.4 Å². The molecule has 0 bridgehead atoms. The lowest BCUT2D eigenvalue weighted by Gasteiger charge is -2.14. The molecule has 2 rings (SSSR count). The Morgan fingerprint density at radius 1 is 1.36 bits per heavy atom. The van der Waals surface area contributed by atoms with Crippen LogP contribution >= 0.6 is 39.7 Å². The van der Waals surface area contributed by atoms with Gasteiger partial charge in [0.1, 0.15) is 17.7 Å². The number of hydrogen-bond donors (Lipinski definition) is 1. The van der Waals surface area contributed by atoms with Crippen LogP contribution in [0.25, 0.3) is 6.08 Å². The summed E-state index contributed by atoms with van der Waals surface area (Å²) >= 11 is 14.2. The normalized spacial score (nSPS) is 10.9. The summed E-state index contributed by atoms with van der Waals surface area (Å²) in [6.45, 7) is 0.359. The third-order valence-electron chi connectivity index (χ3n) is 3.25. The van der Waals surface area contributed by atoms with Crippen LogP contribution in [0.2, 0.25) is 5.02 Å². The van der Waals surface area contributed by atoms with Crippen LogP contribution < -0.4 is 15.2 Å². The van der Waals surface area contributed by atoms with Crippen molar-refractivity contribution in [3.05, 3.63) is 62.6 Å². The first-order chi connectivity index (χ1) is 11.9. The molecule has 0 aliphatic rings. The van der Waals surface area contributed by atoms with Crippen molar-refractivity contribution in [3.8, 4) is 17.6 Å². The van der Waals surface area contributed by atoms with Crippen LogP contribution in [0.4, 0.5) is 0 Å². The van der Waals surface area contributed by atoms with Crippen LogP contribution in [-0.4, -0.2) is 12.1 Å². The minimum absolute atomic E-state index is 0.0423. The molecule has 0 aliphatic heterocycles. The number of rotatable bonds is 6. The van der Waals surface area contributed by atoms with E-state index in [9.17, 15) is 0 Å². The molecule has 0 radical (unpaired) electrons. The SMILES string of the molecule is COc1cc(/C=C(\C#N)C(N)=S)cc(Br)c1OCc1ccc(Cl)cc1. The van der Waals surface area contributed by atoms with E-state index in [1.54, 1.807) is 37.5 Å². The van der Waals surface area contributed by atoms with Gasteiger partial charge in [0.05, 0.1) is 17.2 Å². The Kier molecular flexibility index (Phi) is 6.82. The van der Waals surface area contributed by atoms with Gasteiger partial charge in [-0.25, -0.2) is 0 Å². The van der Waals surface area contributed by atoms with E-state index in [0.717, 1.165) is 5.56 Å². The zero-order chi connectivity index (χ0) is 18.4. The van der Waals surface area contributed by atoms with Gasteiger partial charge >= 0.3 is 0 Å². The zero-order valence-electron chi connectivity index (χ0n) is 13.3. The van der Waals surface area contributed by atoms with E-state index in [1.165, 1.54) is 0 Å². The van der Waals surface area contributed by atoms with Gasteiger partial charge in [-0.15, -0.1) is 0 Å². The molecule has 0 heterocycles. The molecule has 4 nitrogen and oxygen atoms in total. The molecule has 2 aromatic rings. The fourth-order valence-corrected chi connectivity index (χ4v) is 2.83. The molecule has 25 heavy (non-hydrogen) atoms. The summed E-state index contributed by atoms with van der Waals surface area (Å²) in [7, 11) is 1.54. The average Bonchev–Trinajstić information content (AvgIpc) is 2.59. The molecular weight excluding hydrogens is 424 g/mol. The maximum absolute atomic E-state index is 9.08. The molecule has 0 aromatic heterocycles. The van der Waals surface area contributed by atoms with E-state index in [4.69, 9.17) is 44.3 Å². The maximum atomic E-state index is 9.08. The average molecular weight is 438 g/mol. The molecule has 0 amide bonds. The number of nitrogens with zero attached hydrogens (tertiary/aromatic N) is 1. The predicted molar refractivity (Wildman–Crippen MR) is 107 cm³/mol. The summed E-state index contributed by atoms with van der Waals surface area (Å²) in [6.07, 6.45) is 1.60. The van der Waals surface area contributed by atoms with E-state index >= 15 is 0 Å². The lowest BCUT2D eigenvalue weighted by atomic mass is 10.1. The number of ether oxygens (including phenoxy) is 2. The number of benzene rings is 2. The van der Waals surface area contributed by atoms with Gasteiger partial charge in [-0.05, 0) is 57.4 Å². The summed E-state index contributed by atoms with van der Waals surface area (Å²) in [4.78, 5) is 0.0423. The first-order valence-electron chi connectivity index (χ1n) is 7.11. The number of nitrogens with two attached hydrogens (primary N) is 1. The van der Waals surface area contributed by atoms with Crippen LogP contribution in [0.3, 0.4) is 0 Å². The first kappa shape index (κ1) is 19.3. The van der Waals surface area contributed by atoms with Gasteiger partial charge in [-0.2, -0.15) is 5.26 Å². The van der Waals surface area contributed by atoms with E-state index in [0.29, 0.717) is 33.2 Å². The van der Waals surface area contributed by atoms with Gasteiger partial charge in [0.15, 0.2) is 11.5 Å². The van der Waals surface area contributed by atoms with Crippen molar-refractivity contribution < 1.29 is 9.47 Å². The molecule has 2 aromatic carbocycles. The molecule has 128 valence electrons. The van der Waals surface area contributed by atoms with Crippen molar-refractivity contribution in [2.24, 2.45) is 5.73 Å². The summed E-state index contributed by atoms with van der Waals surface area (Å²) in [5, 5.41) is 9.75. The molecule has 0 fully saturated rings. The largest absolute Gasteiger partial charge is 0.493 e. The highest BCUT2D eigenvalue weighted by atomic mass is 79.9. The Morgan fingerprint density at radius 3 is 2.60 bits per heavy atom. The van der Waals surface area contributed by atoms with Crippen molar-refractivity contribution in [2.75, 3.05) is 7.11 Å². The van der Waals surface area contributed by atoms with E-state index in [1.807, 2.05) is 18.2 Å². The highest BCUT2D eigenvalue weighted by Gasteiger charge is 2.12. The molecule has 0 spiro atoms. The summed E-state index contributed by atoms with van der Waals surface area (Å²) in [6, 6.07) is 12.9. The van der Waals surface area contributed by atoms with Crippen molar-refractivity contribution in [2.45, 2.75) is 6.61 Å². The van der Waals surface area contributed by atoms with E-state index in [2.05, 4.69) is 15.9 Å². The van der Waals surface area contributed by atoms with Crippen LogP contribution in [0.5, 0.6) is 11.5 Å². The van der Waals surface area contributed by atoms with Crippen LogP contribution in [0.1, 0.15) is 11.1 Å². The molecular formula is C18H14BrClN2O2S. The highest BCUT2D eigenvalue weighted by molar-refractivity contribution is 9.10. The number of nitriles is 1. The van der Waals surface area contributed by atoms with Crippen LogP contribution in [-0.2, 0) is 6.61 Å². The van der Waals surface area contributed by atoms with Crippen molar-refractivity contribution in [3.63, 3.8) is 0 Å². The van der Waals surface area contributed by atoms with Crippen molar-refractivity contribution in [1.82, 2.24) is 0 Å². The van der Waals surface area contributed by atoms with Gasteiger partial charge < -0.3 is 15.2 Å². The third-order valence-corrected chi connectivity index (χ3v) is 4.31. The van der Waals surface area contributed by atoms with Crippen molar-refractivity contribution >= 4 is 50.8 Å². The predicted octanol–water partition coefficient (Wildman–Crippen LogP) is 4.88. The molecule has 0 atom stereocenters. The molecule has 2 N–H and O–H groups in total. The second kappa shape index (κ2) is 8.86. The van der Waals surface area contributed by atoms with Gasteiger partial charge in [0, 0.05) is 5.02 Å². The number of hydrogen-bond acceptors (Lipinski definition) is 4. The van der Waals surface area contributed by atoms with Gasteiger partial charge in [-0.1, -0.05) is 36.0 Å². The summed E-state index contributed by atoms with van der Waals surface area (Å²) < 4.78 is 12.0. The molecule has 0 saturated heterocycles. The lowest BCUT2D eigenvalue weighted by Crippen LogP contribution is -2.09. The second-order valence-electron chi connectivity index (χ2n) is 4.98. The first-order valence-corrected chi connectivity index (χ1v) is 8.69. The maximum Gasteiger partial charge on any atom is 0.175 e. The van der Waals surface area contributed by atoms with Crippen molar-refractivity contribution in [1.29, 1.82) is 5.26 Å². The summed E-state index contributed by atoms with van der Waals surface area (Å²) in [5.74, 6) is 1.08. The van der Waals surface area contributed by atoms with E-state index in [-0.39, 0.29) is 10.6 Å². The smallest absolute Gasteiger partial charge is 0.175 e. The van der Waals surface area contributed by atoms with E-state index < -0.39 is 0 Å². The quantitative estimate of drug-likeness (QED) is 0.396. The fraction of sp³-hybridized carbons (Fsp3) is 0.111. The molecule has 7 heteroatoms. The van der Waals surface area contributed by atoms with Gasteiger partial charge in [-0.3, -0.25) is 0 Å². The molecule has 0 saturated carbocycles. The number of methoxy groups -OCH3 is 1.